The van der Waals surface area contributed by atoms with E-state index >= 15 is 0 Å². The maximum Gasteiger partial charge on any atom is 0.261 e. The number of rotatable bonds is 2. The molecule has 0 fully saturated rings. The number of carbonyl (C=O) groups excluding carboxylic acids is 2. The van der Waals surface area contributed by atoms with Crippen molar-refractivity contribution in [1.29, 1.82) is 0 Å². The molecule has 1 aromatic carbocycles. The molecule has 7 nitrogen and oxygen atoms in total. The van der Waals surface area contributed by atoms with Gasteiger partial charge >= 0.3 is 0 Å². The van der Waals surface area contributed by atoms with Gasteiger partial charge in [0, 0.05) is 23.4 Å². The van der Waals surface area contributed by atoms with E-state index in [0.717, 1.165) is 17.2 Å². The van der Waals surface area contributed by atoms with Crippen molar-refractivity contribution in [3.63, 3.8) is 0 Å². The standard InChI is InChI=1S/C18H16N4O3S/c1-18(2)7-14-10(15(23)8-18)6-11(17(25)20-14)16(24)19-9-3-4-12-13(5-9)22-26-21-12/h3-6H,7-8H2,1-2H3,(H,19,24)(H,20,25). The molecule has 1 aliphatic rings. The zero-order valence-electron chi connectivity index (χ0n) is 14.3. The minimum absolute atomic E-state index is 0.0588. The Morgan fingerprint density at radius 1 is 1.15 bits per heavy atom. The number of carbonyl (C=O) groups is 2. The van der Waals surface area contributed by atoms with Gasteiger partial charge in [0.1, 0.15) is 16.6 Å². The van der Waals surface area contributed by atoms with E-state index in [1.54, 1.807) is 18.2 Å². The third-order valence-corrected chi connectivity index (χ3v) is 5.03. The summed E-state index contributed by atoms with van der Waals surface area (Å²) in [4.78, 5) is 40.0. The van der Waals surface area contributed by atoms with Crippen LogP contribution in [0.25, 0.3) is 11.0 Å². The number of benzene rings is 1. The van der Waals surface area contributed by atoms with E-state index in [4.69, 9.17) is 0 Å². The molecule has 0 spiro atoms. The lowest BCUT2D eigenvalue weighted by Gasteiger charge is -2.29. The summed E-state index contributed by atoms with van der Waals surface area (Å²) in [5, 5.41) is 2.69. The highest BCUT2D eigenvalue weighted by molar-refractivity contribution is 7.00. The lowest BCUT2D eigenvalue weighted by molar-refractivity contribution is 0.0910. The Morgan fingerprint density at radius 3 is 2.73 bits per heavy atom. The topological polar surface area (TPSA) is 105 Å². The van der Waals surface area contributed by atoms with E-state index < -0.39 is 11.5 Å². The monoisotopic (exact) mass is 368 g/mol. The van der Waals surface area contributed by atoms with Gasteiger partial charge in [-0.05, 0) is 36.1 Å². The molecule has 0 aliphatic heterocycles. The van der Waals surface area contributed by atoms with Crippen LogP contribution < -0.4 is 10.9 Å². The van der Waals surface area contributed by atoms with Crippen molar-refractivity contribution in [2.75, 3.05) is 5.32 Å². The van der Waals surface area contributed by atoms with Crippen LogP contribution >= 0.6 is 11.7 Å². The van der Waals surface area contributed by atoms with Gasteiger partial charge < -0.3 is 10.3 Å². The Labute approximate surface area is 152 Å². The molecule has 3 aromatic rings. The van der Waals surface area contributed by atoms with Crippen LogP contribution in [0.4, 0.5) is 5.69 Å². The van der Waals surface area contributed by atoms with Gasteiger partial charge in [-0.25, -0.2) is 0 Å². The number of nitrogens with one attached hydrogen (secondary N) is 2. The normalized spacial score (nSPS) is 15.7. The summed E-state index contributed by atoms with van der Waals surface area (Å²) in [5.74, 6) is -0.620. The van der Waals surface area contributed by atoms with Gasteiger partial charge in [0.05, 0.1) is 11.7 Å². The van der Waals surface area contributed by atoms with Gasteiger partial charge in [0.2, 0.25) is 0 Å². The van der Waals surface area contributed by atoms with E-state index in [2.05, 4.69) is 19.0 Å². The Kier molecular flexibility index (Phi) is 3.73. The molecule has 8 heteroatoms. The van der Waals surface area contributed by atoms with Crippen LogP contribution in [0, 0.1) is 5.41 Å². The van der Waals surface area contributed by atoms with Crippen molar-refractivity contribution in [1.82, 2.24) is 13.7 Å². The highest BCUT2D eigenvalue weighted by atomic mass is 32.1. The minimum atomic E-state index is -0.561. The average molecular weight is 368 g/mol. The van der Waals surface area contributed by atoms with Crippen LogP contribution in [0.5, 0.6) is 0 Å². The number of nitrogens with zero attached hydrogens (tertiary/aromatic N) is 2. The molecule has 1 amide bonds. The van der Waals surface area contributed by atoms with Crippen molar-refractivity contribution in [2.24, 2.45) is 5.41 Å². The number of aromatic nitrogens is 3. The summed E-state index contributed by atoms with van der Waals surface area (Å²) in [6.45, 7) is 3.96. The van der Waals surface area contributed by atoms with Gasteiger partial charge in [0.25, 0.3) is 11.5 Å². The number of amides is 1. The number of H-pyrrole nitrogens is 1. The van der Waals surface area contributed by atoms with Crippen LogP contribution in [0.2, 0.25) is 0 Å². The smallest absolute Gasteiger partial charge is 0.261 e. The lowest BCUT2D eigenvalue weighted by Crippen LogP contribution is -2.32. The van der Waals surface area contributed by atoms with E-state index in [1.165, 1.54) is 6.07 Å². The number of hydrogen-bond acceptors (Lipinski definition) is 6. The number of anilines is 1. The first-order valence-corrected chi connectivity index (χ1v) is 8.88. The summed E-state index contributed by atoms with van der Waals surface area (Å²) in [5.41, 5.74) is 2.18. The number of aromatic amines is 1. The van der Waals surface area contributed by atoms with E-state index in [1.807, 2.05) is 13.8 Å². The van der Waals surface area contributed by atoms with Crippen LogP contribution in [0.15, 0.2) is 29.1 Å². The van der Waals surface area contributed by atoms with Crippen molar-refractivity contribution >= 4 is 40.1 Å². The molecule has 0 atom stereocenters. The fourth-order valence-electron chi connectivity index (χ4n) is 3.25. The number of pyridine rings is 1. The van der Waals surface area contributed by atoms with Gasteiger partial charge in [0.15, 0.2) is 5.78 Å². The Hall–Kier alpha value is -2.87. The third-order valence-electron chi connectivity index (χ3n) is 4.47. The molecule has 132 valence electrons. The van der Waals surface area contributed by atoms with Crippen molar-refractivity contribution in [3.8, 4) is 0 Å². The summed E-state index contributed by atoms with van der Waals surface area (Å²) in [6.07, 6.45) is 0.985. The first-order chi connectivity index (χ1) is 12.3. The Bertz CT molecular complexity index is 1110. The Balaban J connectivity index is 1.67. The molecule has 0 unspecified atom stereocenters. The average Bonchev–Trinajstić information content (AvgIpc) is 3.00. The second kappa shape index (κ2) is 5.84. The quantitative estimate of drug-likeness (QED) is 0.724. The predicted molar refractivity (Wildman–Crippen MR) is 98.9 cm³/mol. The highest BCUT2D eigenvalue weighted by Crippen LogP contribution is 2.33. The van der Waals surface area contributed by atoms with Gasteiger partial charge in [-0.15, -0.1) is 0 Å². The molecule has 1 aliphatic carbocycles. The maximum absolute atomic E-state index is 12.6. The minimum Gasteiger partial charge on any atom is -0.325 e. The fraction of sp³-hybridized carbons (Fsp3) is 0.278. The van der Waals surface area contributed by atoms with Gasteiger partial charge in [-0.1, -0.05) is 13.8 Å². The SMILES string of the molecule is CC1(C)CC(=O)c2cc(C(=O)Nc3ccc4nsnc4c3)c(=O)[nH]c2C1. The summed E-state index contributed by atoms with van der Waals surface area (Å²) >= 11 is 1.09. The number of Topliss-reactive ketones (excluding diaryl/α,β-unsaturated/α-hetero) is 1. The summed E-state index contributed by atoms with van der Waals surface area (Å²) in [6, 6.07) is 6.54. The highest BCUT2D eigenvalue weighted by Gasteiger charge is 2.32. The molecule has 0 saturated heterocycles. The second-order valence-electron chi connectivity index (χ2n) is 7.27. The molecule has 2 aromatic heterocycles. The Morgan fingerprint density at radius 2 is 1.92 bits per heavy atom. The van der Waals surface area contributed by atoms with Gasteiger partial charge in [-0.2, -0.15) is 8.75 Å². The summed E-state index contributed by atoms with van der Waals surface area (Å²) in [7, 11) is 0. The summed E-state index contributed by atoms with van der Waals surface area (Å²) < 4.78 is 8.23. The van der Waals surface area contributed by atoms with Crippen molar-refractivity contribution < 1.29 is 9.59 Å². The van der Waals surface area contributed by atoms with Crippen LogP contribution in [0.1, 0.15) is 46.7 Å². The van der Waals surface area contributed by atoms with Crippen molar-refractivity contribution in [2.45, 2.75) is 26.7 Å². The van der Waals surface area contributed by atoms with Crippen LogP contribution in [-0.4, -0.2) is 25.4 Å². The van der Waals surface area contributed by atoms with Crippen molar-refractivity contribution in [3.05, 3.63) is 51.4 Å². The first kappa shape index (κ1) is 16.6. The number of ketones is 1. The molecule has 2 N–H and O–H groups in total. The largest absolute Gasteiger partial charge is 0.325 e. The molecule has 2 heterocycles. The van der Waals surface area contributed by atoms with E-state index in [9.17, 15) is 14.4 Å². The van der Waals surface area contributed by atoms with E-state index in [0.29, 0.717) is 35.3 Å². The molecular weight excluding hydrogens is 352 g/mol. The first-order valence-electron chi connectivity index (χ1n) is 8.15. The molecule has 4 rings (SSSR count). The number of hydrogen-bond donors (Lipinski definition) is 2. The molecule has 0 radical (unpaired) electrons. The maximum atomic E-state index is 12.6. The third kappa shape index (κ3) is 2.92. The molecule has 26 heavy (non-hydrogen) atoms. The second-order valence-corrected chi connectivity index (χ2v) is 7.80. The molecular formula is C18H16N4O3S. The van der Waals surface area contributed by atoms with Gasteiger partial charge in [-0.3, -0.25) is 14.4 Å². The zero-order valence-corrected chi connectivity index (χ0v) is 15.1. The van der Waals surface area contributed by atoms with E-state index in [-0.39, 0.29) is 16.8 Å². The van der Waals surface area contributed by atoms with Crippen LogP contribution in [-0.2, 0) is 6.42 Å². The molecule has 0 saturated carbocycles. The zero-order chi connectivity index (χ0) is 18.5. The van der Waals surface area contributed by atoms with Crippen LogP contribution in [0.3, 0.4) is 0 Å². The number of fused-ring (bicyclic) bond motifs is 2. The predicted octanol–water partition coefficient (Wildman–Crippen LogP) is 2.79. The fourth-order valence-corrected chi connectivity index (χ4v) is 3.77. The molecule has 0 bridgehead atoms. The lowest BCUT2D eigenvalue weighted by atomic mass is 9.75.